The molecule has 2 rings (SSSR count). The first-order valence-electron chi connectivity index (χ1n) is 5.62. The van der Waals surface area contributed by atoms with Gasteiger partial charge in [0.25, 0.3) is 0 Å². The molecule has 2 heterocycles. The van der Waals surface area contributed by atoms with Crippen molar-refractivity contribution in [3.63, 3.8) is 0 Å². The van der Waals surface area contributed by atoms with Gasteiger partial charge in [0.05, 0.1) is 5.60 Å². The van der Waals surface area contributed by atoms with Crippen molar-refractivity contribution in [3.8, 4) is 6.07 Å². The lowest BCUT2D eigenvalue weighted by molar-refractivity contribution is -0.0543. The lowest BCUT2D eigenvalue weighted by Gasteiger charge is -2.32. The summed E-state index contributed by atoms with van der Waals surface area (Å²) in [5, 5.41) is 22.1. The highest BCUT2D eigenvalue weighted by atomic mass is 16.5. The maximum atomic E-state index is 10.2. The molecule has 0 saturated carbocycles. The zero-order chi connectivity index (χ0) is 12.1. The van der Waals surface area contributed by atoms with Crippen LogP contribution in [0.3, 0.4) is 0 Å². The number of pyridine rings is 1. The fourth-order valence-electron chi connectivity index (χ4n) is 1.80. The number of aliphatic hydroxyl groups is 1. The summed E-state index contributed by atoms with van der Waals surface area (Å²) < 4.78 is 5.21. The molecule has 0 amide bonds. The van der Waals surface area contributed by atoms with Crippen LogP contribution in [0.15, 0.2) is 18.3 Å². The zero-order valence-corrected chi connectivity index (χ0v) is 9.52. The van der Waals surface area contributed by atoms with Gasteiger partial charge < -0.3 is 15.2 Å². The van der Waals surface area contributed by atoms with Gasteiger partial charge in [-0.25, -0.2) is 4.98 Å². The smallest absolute Gasteiger partial charge is 0.142 e. The monoisotopic (exact) mass is 233 g/mol. The van der Waals surface area contributed by atoms with Gasteiger partial charge in [-0.3, -0.25) is 0 Å². The Morgan fingerprint density at radius 2 is 2.29 bits per heavy atom. The summed E-state index contributed by atoms with van der Waals surface area (Å²) in [5.41, 5.74) is 0.458. The van der Waals surface area contributed by atoms with Gasteiger partial charge in [0.15, 0.2) is 0 Å². The molecule has 1 aliphatic rings. The maximum Gasteiger partial charge on any atom is 0.142 e. The summed E-state index contributed by atoms with van der Waals surface area (Å²) in [5.74, 6) is 0. The van der Waals surface area contributed by atoms with E-state index in [2.05, 4.69) is 10.3 Å². The number of nitriles is 1. The molecule has 2 N–H and O–H groups in total. The number of hydrogen-bond donors (Lipinski definition) is 2. The first-order valence-corrected chi connectivity index (χ1v) is 5.62. The lowest BCUT2D eigenvalue weighted by Crippen LogP contribution is -2.42. The van der Waals surface area contributed by atoms with Gasteiger partial charge >= 0.3 is 0 Å². The maximum absolute atomic E-state index is 10.2. The van der Waals surface area contributed by atoms with Crippen molar-refractivity contribution in [2.24, 2.45) is 0 Å². The molecule has 1 fully saturated rings. The predicted octanol–water partition coefficient (Wildman–Crippen LogP) is 0.907. The van der Waals surface area contributed by atoms with Gasteiger partial charge in [0.2, 0.25) is 0 Å². The Balaban J connectivity index is 1.95. The highest BCUT2D eigenvalue weighted by molar-refractivity contribution is 5.46. The topological polar surface area (TPSA) is 78.2 Å². The molecule has 5 nitrogen and oxygen atoms in total. The van der Waals surface area contributed by atoms with Gasteiger partial charge in [-0.15, -0.1) is 0 Å². The fourth-order valence-corrected chi connectivity index (χ4v) is 1.80. The van der Waals surface area contributed by atoms with Crippen LogP contribution >= 0.6 is 0 Å². The van der Waals surface area contributed by atoms with Crippen molar-refractivity contribution >= 4 is 5.69 Å². The number of ether oxygens (including phenoxy) is 1. The molecule has 17 heavy (non-hydrogen) atoms. The summed E-state index contributed by atoms with van der Waals surface area (Å²) >= 11 is 0. The molecule has 1 saturated heterocycles. The predicted molar refractivity (Wildman–Crippen MR) is 62.4 cm³/mol. The molecule has 0 spiro atoms. The molecule has 0 aromatic carbocycles. The minimum atomic E-state index is -0.714. The standard InChI is InChI=1S/C12H15N3O2/c13-8-11-7-10(1-4-14-11)15-9-12(16)2-5-17-6-3-12/h1,4,7,16H,2-3,5-6,9H2,(H,14,15). The summed E-state index contributed by atoms with van der Waals surface area (Å²) in [7, 11) is 0. The second-order valence-electron chi connectivity index (χ2n) is 4.23. The van der Waals surface area contributed by atoms with Crippen LogP contribution in [-0.4, -0.2) is 35.5 Å². The van der Waals surface area contributed by atoms with E-state index in [0.717, 1.165) is 5.69 Å². The van der Waals surface area contributed by atoms with Gasteiger partial charge in [-0.05, 0) is 12.1 Å². The SMILES string of the molecule is N#Cc1cc(NCC2(O)CCOCC2)ccn1. The normalized spacial score (nSPS) is 18.4. The number of hydrogen-bond acceptors (Lipinski definition) is 5. The van der Waals surface area contributed by atoms with E-state index in [4.69, 9.17) is 10.00 Å². The fraction of sp³-hybridized carbons (Fsp3) is 0.500. The van der Waals surface area contributed by atoms with Crippen LogP contribution in [-0.2, 0) is 4.74 Å². The number of rotatable bonds is 3. The molecule has 0 radical (unpaired) electrons. The third-order valence-electron chi connectivity index (χ3n) is 2.92. The molecule has 1 aromatic rings. The summed E-state index contributed by atoms with van der Waals surface area (Å²) in [6.45, 7) is 1.65. The van der Waals surface area contributed by atoms with Gasteiger partial charge in [0.1, 0.15) is 11.8 Å². The number of anilines is 1. The molecule has 5 heteroatoms. The molecule has 0 bridgehead atoms. The second-order valence-corrected chi connectivity index (χ2v) is 4.23. The van der Waals surface area contributed by atoms with Crippen LogP contribution in [0, 0.1) is 11.3 Å². The Labute approximate surface area is 100 Å². The van der Waals surface area contributed by atoms with Gasteiger partial charge in [0, 0.05) is 44.5 Å². The van der Waals surface area contributed by atoms with Crippen LogP contribution < -0.4 is 5.32 Å². The zero-order valence-electron chi connectivity index (χ0n) is 9.52. The Hall–Kier alpha value is -1.64. The van der Waals surface area contributed by atoms with Gasteiger partial charge in [-0.1, -0.05) is 0 Å². The molecule has 0 unspecified atom stereocenters. The molecular formula is C12H15N3O2. The van der Waals surface area contributed by atoms with Crippen molar-refractivity contribution in [2.75, 3.05) is 25.1 Å². The molecule has 0 atom stereocenters. The van der Waals surface area contributed by atoms with E-state index in [-0.39, 0.29) is 0 Å². The summed E-state index contributed by atoms with van der Waals surface area (Å²) in [6.07, 6.45) is 2.85. The Morgan fingerprint density at radius 1 is 1.53 bits per heavy atom. The minimum absolute atomic E-state index is 0.369. The van der Waals surface area contributed by atoms with E-state index in [1.54, 1.807) is 18.3 Å². The summed E-state index contributed by atoms with van der Waals surface area (Å²) in [6, 6.07) is 5.43. The first kappa shape index (κ1) is 11.8. The Kier molecular flexibility index (Phi) is 3.57. The lowest BCUT2D eigenvalue weighted by atomic mass is 9.94. The van der Waals surface area contributed by atoms with Crippen molar-refractivity contribution in [3.05, 3.63) is 24.0 Å². The molecular weight excluding hydrogens is 218 g/mol. The third-order valence-corrected chi connectivity index (χ3v) is 2.92. The second kappa shape index (κ2) is 5.13. The van der Waals surface area contributed by atoms with Crippen LogP contribution in [0.2, 0.25) is 0 Å². The van der Waals surface area contributed by atoms with E-state index in [1.165, 1.54) is 0 Å². The third kappa shape index (κ3) is 3.16. The van der Waals surface area contributed by atoms with E-state index >= 15 is 0 Å². The summed E-state index contributed by atoms with van der Waals surface area (Å²) in [4.78, 5) is 3.89. The number of nitrogens with one attached hydrogen (secondary N) is 1. The highest BCUT2D eigenvalue weighted by Crippen LogP contribution is 2.21. The molecule has 1 aromatic heterocycles. The van der Waals surface area contributed by atoms with Crippen molar-refractivity contribution < 1.29 is 9.84 Å². The largest absolute Gasteiger partial charge is 0.388 e. The molecule has 1 aliphatic heterocycles. The van der Waals surface area contributed by atoms with Crippen LogP contribution in [0.25, 0.3) is 0 Å². The molecule has 0 aliphatic carbocycles. The van der Waals surface area contributed by atoms with Crippen LogP contribution in [0.5, 0.6) is 0 Å². The van der Waals surface area contributed by atoms with E-state index in [1.807, 2.05) is 6.07 Å². The highest BCUT2D eigenvalue weighted by Gasteiger charge is 2.29. The Bertz CT molecular complexity index is 422. The molecule has 90 valence electrons. The average Bonchev–Trinajstić information content (AvgIpc) is 2.38. The minimum Gasteiger partial charge on any atom is -0.388 e. The van der Waals surface area contributed by atoms with Crippen LogP contribution in [0.1, 0.15) is 18.5 Å². The Morgan fingerprint density at radius 3 is 3.00 bits per heavy atom. The first-order chi connectivity index (χ1) is 8.22. The van der Waals surface area contributed by atoms with E-state index in [9.17, 15) is 5.11 Å². The average molecular weight is 233 g/mol. The van der Waals surface area contributed by atoms with E-state index < -0.39 is 5.60 Å². The number of aromatic nitrogens is 1. The van der Waals surface area contributed by atoms with Crippen molar-refractivity contribution in [2.45, 2.75) is 18.4 Å². The quantitative estimate of drug-likeness (QED) is 0.811. The van der Waals surface area contributed by atoms with Crippen LogP contribution in [0.4, 0.5) is 5.69 Å². The number of nitrogens with zero attached hydrogens (tertiary/aromatic N) is 2. The van der Waals surface area contributed by atoms with Gasteiger partial charge in [-0.2, -0.15) is 5.26 Å². The van der Waals surface area contributed by atoms with Crippen molar-refractivity contribution in [1.82, 2.24) is 4.98 Å². The van der Waals surface area contributed by atoms with E-state index in [0.29, 0.717) is 38.3 Å². The van der Waals surface area contributed by atoms with Crippen molar-refractivity contribution in [1.29, 1.82) is 5.26 Å².